The molecule has 2 aromatic heterocycles. The molecule has 0 saturated heterocycles. The van der Waals surface area contributed by atoms with E-state index in [9.17, 15) is 19.2 Å². The van der Waals surface area contributed by atoms with E-state index < -0.39 is 23.3 Å². The predicted octanol–water partition coefficient (Wildman–Crippen LogP) is 4.62. The number of hydrogen-bond acceptors (Lipinski definition) is 7. The lowest BCUT2D eigenvalue weighted by atomic mass is 10.1. The second-order valence-corrected chi connectivity index (χ2v) is 9.51. The summed E-state index contributed by atoms with van der Waals surface area (Å²) < 4.78 is 5.87. The van der Waals surface area contributed by atoms with Gasteiger partial charge < -0.3 is 15.4 Å². The minimum absolute atomic E-state index is 0.0394. The van der Waals surface area contributed by atoms with Crippen molar-refractivity contribution in [3.8, 4) is 0 Å². The molecule has 0 atom stereocenters. The Balaban J connectivity index is 1.76. The fourth-order valence-corrected chi connectivity index (χ4v) is 4.94. The smallest absolute Gasteiger partial charge is 0.337 e. The number of rotatable bonds is 7. The summed E-state index contributed by atoms with van der Waals surface area (Å²) >= 11 is 0.968. The first kappa shape index (κ1) is 25.8. The average molecular weight is 519 g/mol. The highest BCUT2D eigenvalue weighted by Gasteiger charge is 2.27. The van der Waals surface area contributed by atoms with Crippen molar-refractivity contribution in [1.82, 2.24) is 9.38 Å². The van der Waals surface area contributed by atoms with Crippen molar-refractivity contribution in [1.29, 1.82) is 0 Å². The lowest BCUT2D eigenvalue weighted by Crippen LogP contribution is -2.25. The van der Waals surface area contributed by atoms with Gasteiger partial charge in [-0.2, -0.15) is 0 Å². The highest BCUT2D eigenvalue weighted by molar-refractivity contribution is 7.19. The Morgan fingerprint density at radius 2 is 1.73 bits per heavy atom. The summed E-state index contributed by atoms with van der Waals surface area (Å²) in [5.74, 6) is -1.68. The maximum Gasteiger partial charge on any atom is 0.337 e. The van der Waals surface area contributed by atoms with Crippen LogP contribution in [0.4, 0.5) is 11.4 Å². The van der Waals surface area contributed by atoms with Crippen LogP contribution in [0.25, 0.3) is 4.96 Å². The summed E-state index contributed by atoms with van der Waals surface area (Å²) in [6.07, 6.45) is 1.39. The van der Waals surface area contributed by atoms with E-state index in [0.717, 1.165) is 28.9 Å². The number of nitrogens with one attached hydrogen (secondary N) is 2. The summed E-state index contributed by atoms with van der Waals surface area (Å²) in [7, 11) is 1.28. The molecule has 4 rings (SSSR count). The summed E-state index contributed by atoms with van der Waals surface area (Å²) in [6, 6.07) is 13.1. The number of anilines is 2. The number of carbonyl (C=O) groups excluding carboxylic acids is 3. The van der Waals surface area contributed by atoms with Crippen LogP contribution in [0.1, 0.15) is 60.7 Å². The molecule has 0 aliphatic carbocycles. The number of amides is 2. The number of carbonyl (C=O) groups is 3. The van der Waals surface area contributed by atoms with Crippen LogP contribution in [-0.4, -0.2) is 34.3 Å². The number of aryl methyl sites for hydroxylation is 3. The molecule has 2 amide bonds. The van der Waals surface area contributed by atoms with Crippen molar-refractivity contribution in [2.24, 2.45) is 0 Å². The Morgan fingerprint density at radius 1 is 1.00 bits per heavy atom. The molecule has 190 valence electrons. The lowest BCUT2D eigenvalue weighted by molar-refractivity contribution is 0.0600. The normalized spacial score (nSPS) is 10.8. The van der Waals surface area contributed by atoms with Gasteiger partial charge >= 0.3 is 5.97 Å². The average Bonchev–Trinajstić information content (AvgIpc) is 3.26. The Labute approximate surface area is 217 Å². The van der Waals surface area contributed by atoms with Crippen molar-refractivity contribution in [3.63, 3.8) is 0 Å². The second kappa shape index (κ2) is 10.8. The molecule has 0 fully saturated rings. The molecule has 4 aromatic rings. The van der Waals surface area contributed by atoms with E-state index in [1.54, 1.807) is 18.2 Å². The van der Waals surface area contributed by atoms with Crippen LogP contribution in [0.3, 0.4) is 0 Å². The van der Waals surface area contributed by atoms with E-state index in [4.69, 9.17) is 4.74 Å². The molecule has 0 radical (unpaired) electrons. The number of hydrogen-bond donors (Lipinski definition) is 2. The first-order valence-corrected chi connectivity index (χ1v) is 12.5. The first-order chi connectivity index (χ1) is 17.7. The molecule has 2 heterocycles. The van der Waals surface area contributed by atoms with E-state index in [-0.39, 0.29) is 15.5 Å². The minimum atomic E-state index is -0.600. The van der Waals surface area contributed by atoms with Gasteiger partial charge in [-0.05, 0) is 56.2 Å². The highest BCUT2D eigenvalue weighted by atomic mass is 32.1. The monoisotopic (exact) mass is 518 g/mol. The number of esters is 1. The van der Waals surface area contributed by atoms with Crippen LogP contribution in [0.2, 0.25) is 0 Å². The zero-order chi connectivity index (χ0) is 26.7. The van der Waals surface area contributed by atoms with E-state index in [1.807, 2.05) is 32.9 Å². The first-order valence-electron chi connectivity index (χ1n) is 11.7. The van der Waals surface area contributed by atoms with Gasteiger partial charge in [0.15, 0.2) is 4.96 Å². The standard InChI is InChI=1S/C27H26N4O5S/c1-5-6-19-14-21(32)31-22(24(33)30-20-12-7-15(2)13-16(20)3)23(37-27(31)29-19)25(34)28-18-10-8-17(9-11-18)26(35)36-4/h7-14H,5-6H2,1-4H3,(H,28,34)(H,30,33). The van der Waals surface area contributed by atoms with Gasteiger partial charge in [-0.1, -0.05) is 42.4 Å². The van der Waals surface area contributed by atoms with Gasteiger partial charge in [0.25, 0.3) is 17.4 Å². The Morgan fingerprint density at radius 3 is 2.38 bits per heavy atom. The van der Waals surface area contributed by atoms with Gasteiger partial charge in [0.2, 0.25) is 0 Å². The molecule has 0 aliphatic heterocycles. The number of ether oxygens (including phenoxy) is 1. The van der Waals surface area contributed by atoms with E-state index >= 15 is 0 Å². The van der Waals surface area contributed by atoms with Crippen LogP contribution < -0.4 is 16.2 Å². The molecule has 37 heavy (non-hydrogen) atoms. The van der Waals surface area contributed by atoms with Crippen LogP contribution in [0, 0.1) is 13.8 Å². The zero-order valence-electron chi connectivity index (χ0n) is 20.9. The minimum Gasteiger partial charge on any atom is -0.465 e. The fraction of sp³-hybridized carbons (Fsp3) is 0.222. The van der Waals surface area contributed by atoms with E-state index in [0.29, 0.717) is 29.1 Å². The molecule has 0 unspecified atom stereocenters. The predicted molar refractivity (Wildman–Crippen MR) is 143 cm³/mol. The number of nitrogens with zero attached hydrogens (tertiary/aromatic N) is 2. The van der Waals surface area contributed by atoms with Crippen LogP contribution in [0.5, 0.6) is 0 Å². The molecule has 9 nitrogen and oxygen atoms in total. The maximum absolute atomic E-state index is 13.5. The van der Waals surface area contributed by atoms with E-state index in [2.05, 4.69) is 15.6 Å². The summed E-state index contributed by atoms with van der Waals surface area (Å²) in [5, 5.41) is 5.57. The highest BCUT2D eigenvalue weighted by Crippen LogP contribution is 2.25. The molecular formula is C27H26N4O5S. The number of aromatic nitrogens is 2. The van der Waals surface area contributed by atoms with Gasteiger partial charge in [-0.15, -0.1) is 0 Å². The second-order valence-electron chi connectivity index (χ2n) is 8.53. The molecule has 2 N–H and O–H groups in total. The molecule has 10 heteroatoms. The van der Waals surface area contributed by atoms with Gasteiger partial charge in [-0.25, -0.2) is 14.2 Å². The third kappa shape index (κ3) is 5.44. The molecule has 0 saturated carbocycles. The van der Waals surface area contributed by atoms with Crippen LogP contribution in [-0.2, 0) is 11.2 Å². The number of benzene rings is 2. The molecule has 0 aliphatic rings. The Kier molecular flexibility index (Phi) is 7.49. The van der Waals surface area contributed by atoms with Crippen LogP contribution in [0.15, 0.2) is 53.3 Å². The third-order valence-electron chi connectivity index (χ3n) is 5.69. The van der Waals surface area contributed by atoms with Crippen molar-refractivity contribution < 1.29 is 19.1 Å². The van der Waals surface area contributed by atoms with Gasteiger partial charge in [0.05, 0.1) is 12.7 Å². The Hall–Kier alpha value is -4.31. The van der Waals surface area contributed by atoms with Crippen molar-refractivity contribution in [2.75, 3.05) is 17.7 Å². The molecule has 0 bridgehead atoms. The van der Waals surface area contributed by atoms with Gasteiger partial charge in [0, 0.05) is 23.1 Å². The number of fused-ring (bicyclic) bond motifs is 1. The topological polar surface area (TPSA) is 119 Å². The fourth-order valence-electron chi connectivity index (χ4n) is 3.90. The van der Waals surface area contributed by atoms with E-state index in [1.165, 1.54) is 29.7 Å². The summed E-state index contributed by atoms with van der Waals surface area (Å²) in [5.41, 5.74) is 3.27. The molecular weight excluding hydrogens is 492 g/mol. The van der Waals surface area contributed by atoms with Gasteiger partial charge in [0.1, 0.15) is 10.6 Å². The maximum atomic E-state index is 13.5. The third-order valence-corrected chi connectivity index (χ3v) is 6.73. The number of methoxy groups -OCH3 is 1. The molecule has 2 aromatic carbocycles. The lowest BCUT2D eigenvalue weighted by Gasteiger charge is -2.11. The summed E-state index contributed by atoms with van der Waals surface area (Å²) in [4.78, 5) is 56.4. The van der Waals surface area contributed by atoms with Crippen molar-refractivity contribution >= 4 is 45.5 Å². The van der Waals surface area contributed by atoms with Crippen molar-refractivity contribution in [3.05, 3.63) is 91.8 Å². The summed E-state index contributed by atoms with van der Waals surface area (Å²) in [6.45, 7) is 5.79. The number of thiazole rings is 1. The van der Waals surface area contributed by atoms with Crippen molar-refractivity contribution in [2.45, 2.75) is 33.6 Å². The quantitative estimate of drug-likeness (QED) is 0.345. The van der Waals surface area contributed by atoms with Crippen LogP contribution >= 0.6 is 11.3 Å². The zero-order valence-corrected chi connectivity index (χ0v) is 21.7. The largest absolute Gasteiger partial charge is 0.465 e. The Bertz CT molecular complexity index is 1570. The van der Waals surface area contributed by atoms with Gasteiger partial charge in [-0.3, -0.25) is 14.4 Å². The SMILES string of the molecule is CCCc1cc(=O)n2c(C(=O)Nc3ccc(C)cc3C)c(C(=O)Nc3ccc(C(=O)OC)cc3)sc2n1. The molecule has 0 spiro atoms.